The van der Waals surface area contributed by atoms with Gasteiger partial charge in [0.2, 0.25) is 5.91 Å². The Hall–Kier alpha value is -2.12. The maximum Gasteiger partial charge on any atom is 0.224 e. The van der Waals surface area contributed by atoms with Gasteiger partial charge in [0, 0.05) is 44.6 Å². The van der Waals surface area contributed by atoms with E-state index < -0.39 is 0 Å². The molecule has 1 aromatic heterocycles. The summed E-state index contributed by atoms with van der Waals surface area (Å²) in [4.78, 5) is 22.3. The van der Waals surface area contributed by atoms with Gasteiger partial charge < -0.3 is 19.8 Å². The summed E-state index contributed by atoms with van der Waals surface area (Å²) in [5.41, 5.74) is 1.85. The van der Waals surface area contributed by atoms with Crippen LogP contribution in [0.3, 0.4) is 0 Å². The van der Waals surface area contributed by atoms with Crippen LogP contribution in [0.4, 0.5) is 0 Å². The third-order valence-electron chi connectivity index (χ3n) is 4.48. The van der Waals surface area contributed by atoms with Crippen LogP contribution in [0, 0.1) is 5.92 Å². The van der Waals surface area contributed by atoms with E-state index in [1.165, 1.54) is 0 Å². The van der Waals surface area contributed by atoms with Gasteiger partial charge in [-0.3, -0.25) is 9.69 Å². The van der Waals surface area contributed by atoms with Crippen molar-refractivity contribution in [1.82, 2.24) is 20.2 Å². The first-order valence-electron chi connectivity index (χ1n) is 8.76. The lowest BCUT2D eigenvalue weighted by Gasteiger charge is -2.28. The van der Waals surface area contributed by atoms with Gasteiger partial charge in [-0.2, -0.15) is 0 Å². The predicted molar refractivity (Wildman–Crippen MR) is 95.8 cm³/mol. The SMILES string of the molecule is COc1ccc2nc(CCNC(=O)[C@@H](C)CN3CCOCC3)[nH]c2c1. The second-order valence-electron chi connectivity index (χ2n) is 6.42. The minimum absolute atomic E-state index is 0.0296. The number of carbonyl (C=O) groups excluding carboxylic acids is 1. The van der Waals surface area contributed by atoms with Gasteiger partial charge in [0.1, 0.15) is 11.6 Å². The second kappa shape index (κ2) is 8.31. The molecule has 2 heterocycles. The molecule has 1 amide bonds. The van der Waals surface area contributed by atoms with Gasteiger partial charge >= 0.3 is 0 Å². The van der Waals surface area contributed by atoms with Crippen LogP contribution in [0.5, 0.6) is 5.75 Å². The molecule has 1 aromatic carbocycles. The van der Waals surface area contributed by atoms with Crippen molar-refractivity contribution < 1.29 is 14.3 Å². The topological polar surface area (TPSA) is 79.5 Å². The first-order valence-corrected chi connectivity index (χ1v) is 8.76. The number of fused-ring (bicyclic) bond motifs is 1. The number of hydrogen-bond acceptors (Lipinski definition) is 5. The zero-order chi connectivity index (χ0) is 17.6. The Kier molecular flexibility index (Phi) is 5.88. The van der Waals surface area contributed by atoms with E-state index in [4.69, 9.17) is 9.47 Å². The number of H-pyrrole nitrogens is 1. The average molecular weight is 346 g/mol. The third-order valence-corrected chi connectivity index (χ3v) is 4.48. The number of ether oxygens (including phenoxy) is 2. The van der Waals surface area contributed by atoms with E-state index >= 15 is 0 Å². The molecule has 1 saturated heterocycles. The minimum atomic E-state index is -0.0296. The monoisotopic (exact) mass is 346 g/mol. The Morgan fingerprint density at radius 2 is 2.24 bits per heavy atom. The molecule has 1 aliphatic heterocycles. The van der Waals surface area contributed by atoms with E-state index in [1.54, 1.807) is 7.11 Å². The van der Waals surface area contributed by atoms with Crippen LogP contribution in [0.25, 0.3) is 11.0 Å². The molecule has 7 nitrogen and oxygen atoms in total. The first-order chi connectivity index (χ1) is 12.2. The number of carbonyl (C=O) groups is 1. The molecule has 1 aliphatic rings. The zero-order valence-corrected chi connectivity index (χ0v) is 14.9. The molecular weight excluding hydrogens is 320 g/mol. The summed E-state index contributed by atoms with van der Waals surface area (Å²) in [5, 5.41) is 3.01. The lowest BCUT2D eigenvalue weighted by atomic mass is 10.1. The summed E-state index contributed by atoms with van der Waals surface area (Å²) in [5.74, 6) is 1.72. The molecule has 25 heavy (non-hydrogen) atoms. The van der Waals surface area contributed by atoms with E-state index in [-0.39, 0.29) is 11.8 Å². The van der Waals surface area contributed by atoms with Gasteiger partial charge in [-0.15, -0.1) is 0 Å². The number of amides is 1. The molecule has 2 aromatic rings. The highest BCUT2D eigenvalue weighted by Crippen LogP contribution is 2.18. The van der Waals surface area contributed by atoms with Crippen LogP contribution in [-0.2, 0) is 16.0 Å². The van der Waals surface area contributed by atoms with Crippen LogP contribution in [0.1, 0.15) is 12.7 Å². The lowest BCUT2D eigenvalue weighted by Crippen LogP contribution is -2.43. The van der Waals surface area contributed by atoms with Gasteiger partial charge in [-0.1, -0.05) is 6.92 Å². The van der Waals surface area contributed by atoms with Crippen molar-refractivity contribution in [3.8, 4) is 5.75 Å². The van der Waals surface area contributed by atoms with E-state index in [0.29, 0.717) is 13.0 Å². The fourth-order valence-corrected chi connectivity index (χ4v) is 3.02. The maximum atomic E-state index is 12.2. The van der Waals surface area contributed by atoms with Crippen molar-refractivity contribution in [3.63, 3.8) is 0 Å². The van der Waals surface area contributed by atoms with Crippen molar-refractivity contribution in [2.45, 2.75) is 13.3 Å². The molecule has 7 heteroatoms. The number of methoxy groups -OCH3 is 1. The number of rotatable bonds is 7. The largest absolute Gasteiger partial charge is 0.497 e. The number of morpholine rings is 1. The van der Waals surface area contributed by atoms with E-state index in [2.05, 4.69) is 20.2 Å². The summed E-state index contributed by atoms with van der Waals surface area (Å²) >= 11 is 0. The number of aromatic nitrogens is 2. The molecule has 136 valence electrons. The molecule has 0 saturated carbocycles. The van der Waals surface area contributed by atoms with Crippen LogP contribution in [0.15, 0.2) is 18.2 Å². The van der Waals surface area contributed by atoms with E-state index in [1.807, 2.05) is 25.1 Å². The van der Waals surface area contributed by atoms with E-state index in [9.17, 15) is 4.79 Å². The first kappa shape index (κ1) is 17.7. The molecule has 2 N–H and O–H groups in total. The molecule has 1 atom stereocenters. The lowest BCUT2D eigenvalue weighted by molar-refractivity contribution is -0.125. The summed E-state index contributed by atoms with van der Waals surface area (Å²) in [7, 11) is 1.64. The fourth-order valence-electron chi connectivity index (χ4n) is 3.02. The minimum Gasteiger partial charge on any atom is -0.497 e. The molecule has 0 aliphatic carbocycles. The van der Waals surface area contributed by atoms with Gasteiger partial charge in [0.05, 0.1) is 31.4 Å². The van der Waals surface area contributed by atoms with Gasteiger partial charge in [0.25, 0.3) is 0 Å². The Bertz CT molecular complexity index is 709. The summed E-state index contributed by atoms with van der Waals surface area (Å²) in [6, 6.07) is 5.74. The molecule has 0 spiro atoms. The summed E-state index contributed by atoms with van der Waals surface area (Å²) in [6.45, 7) is 6.64. The highest BCUT2D eigenvalue weighted by molar-refractivity contribution is 5.78. The van der Waals surface area contributed by atoms with Crippen LogP contribution < -0.4 is 10.1 Å². The summed E-state index contributed by atoms with van der Waals surface area (Å²) in [6.07, 6.45) is 0.674. The van der Waals surface area contributed by atoms with Gasteiger partial charge in [-0.25, -0.2) is 4.98 Å². The Morgan fingerprint density at radius 3 is 3.00 bits per heavy atom. The average Bonchev–Trinajstić information content (AvgIpc) is 3.04. The predicted octanol–water partition coefficient (Wildman–Crippen LogP) is 1.20. The molecular formula is C18H26N4O3. The van der Waals surface area contributed by atoms with Crippen molar-refractivity contribution in [2.75, 3.05) is 46.5 Å². The molecule has 0 unspecified atom stereocenters. The van der Waals surface area contributed by atoms with Crippen molar-refractivity contribution in [1.29, 1.82) is 0 Å². The van der Waals surface area contributed by atoms with Crippen molar-refractivity contribution in [3.05, 3.63) is 24.0 Å². The number of hydrogen-bond donors (Lipinski definition) is 2. The molecule has 0 radical (unpaired) electrons. The number of nitrogens with one attached hydrogen (secondary N) is 2. The fraction of sp³-hybridized carbons (Fsp3) is 0.556. The third kappa shape index (κ3) is 4.70. The van der Waals surface area contributed by atoms with E-state index in [0.717, 1.165) is 55.5 Å². The molecule has 0 bridgehead atoms. The van der Waals surface area contributed by atoms with Crippen LogP contribution >= 0.6 is 0 Å². The Labute approximate surface area is 147 Å². The molecule has 3 rings (SSSR count). The number of nitrogens with zero attached hydrogens (tertiary/aromatic N) is 2. The van der Waals surface area contributed by atoms with Gasteiger partial charge in [-0.05, 0) is 12.1 Å². The highest BCUT2D eigenvalue weighted by atomic mass is 16.5. The smallest absolute Gasteiger partial charge is 0.224 e. The van der Waals surface area contributed by atoms with Gasteiger partial charge in [0.15, 0.2) is 0 Å². The Morgan fingerprint density at radius 1 is 1.44 bits per heavy atom. The molecule has 1 fully saturated rings. The zero-order valence-electron chi connectivity index (χ0n) is 14.9. The van der Waals surface area contributed by atoms with Crippen LogP contribution in [0.2, 0.25) is 0 Å². The normalized spacial score (nSPS) is 16.7. The quantitative estimate of drug-likeness (QED) is 0.787. The van der Waals surface area contributed by atoms with Crippen molar-refractivity contribution >= 4 is 16.9 Å². The standard InChI is InChI=1S/C18H26N4O3/c1-13(12-22-7-9-25-10-8-22)18(23)19-6-5-17-20-15-4-3-14(24-2)11-16(15)21-17/h3-4,11,13H,5-10,12H2,1-2H3,(H,19,23)(H,20,21)/t13-/m0/s1. The second-order valence-corrected chi connectivity index (χ2v) is 6.42. The number of aromatic amines is 1. The Balaban J connectivity index is 1.46. The highest BCUT2D eigenvalue weighted by Gasteiger charge is 2.18. The maximum absolute atomic E-state index is 12.2. The van der Waals surface area contributed by atoms with Crippen LogP contribution in [-0.4, -0.2) is 67.3 Å². The number of imidazole rings is 1. The summed E-state index contributed by atoms with van der Waals surface area (Å²) < 4.78 is 10.6. The number of benzene rings is 1. The van der Waals surface area contributed by atoms with Crippen molar-refractivity contribution in [2.24, 2.45) is 5.92 Å².